The van der Waals surface area contributed by atoms with Crippen LogP contribution in [0.25, 0.3) is 21.3 Å². The molecule has 2 amide bonds. The fraction of sp³-hybridized carbons (Fsp3) is 0.360. The lowest BCUT2D eigenvalue weighted by Gasteiger charge is -2.12. The maximum absolute atomic E-state index is 13.8. The molecule has 1 fully saturated rings. The van der Waals surface area contributed by atoms with Gasteiger partial charge in [-0.05, 0) is 63.5 Å². The van der Waals surface area contributed by atoms with Crippen LogP contribution in [0.4, 0.5) is 18.9 Å². The zero-order chi connectivity index (χ0) is 27.2. The van der Waals surface area contributed by atoms with E-state index in [0.29, 0.717) is 41.4 Å². The van der Waals surface area contributed by atoms with Crippen LogP contribution in [0.15, 0.2) is 28.8 Å². The first-order chi connectivity index (χ1) is 18.1. The van der Waals surface area contributed by atoms with Gasteiger partial charge < -0.3 is 15.5 Å². The summed E-state index contributed by atoms with van der Waals surface area (Å²) < 4.78 is 48.7. The van der Waals surface area contributed by atoms with Crippen LogP contribution in [-0.4, -0.2) is 44.6 Å². The van der Waals surface area contributed by atoms with Crippen molar-refractivity contribution in [3.8, 4) is 11.1 Å². The Bertz CT molecular complexity index is 1530. The van der Waals surface area contributed by atoms with Gasteiger partial charge in [0.2, 0.25) is 0 Å². The number of nitrogens with one attached hydrogen (secondary N) is 1. The van der Waals surface area contributed by atoms with E-state index in [1.807, 2.05) is 6.92 Å². The third kappa shape index (κ3) is 4.78. The molecule has 4 aromatic heterocycles. The first kappa shape index (κ1) is 25.9. The lowest BCUT2D eigenvalue weighted by atomic mass is 10.0. The second-order valence-corrected chi connectivity index (χ2v) is 10.1. The number of thiophene rings is 1. The number of amides is 2. The van der Waals surface area contributed by atoms with E-state index in [2.05, 4.69) is 20.3 Å². The van der Waals surface area contributed by atoms with E-state index in [9.17, 15) is 22.8 Å². The van der Waals surface area contributed by atoms with Crippen LogP contribution < -0.4 is 11.1 Å². The average Bonchev–Trinajstić information content (AvgIpc) is 3.65. The lowest BCUT2D eigenvalue weighted by molar-refractivity contribution is -0.140. The molecule has 1 saturated heterocycles. The number of aromatic nitrogens is 3. The summed E-state index contributed by atoms with van der Waals surface area (Å²) in [6, 6.07) is 4.13. The Morgan fingerprint density at radius 2 is 1.95 bits per heavy atom. The number of likely N-dealkylation sites (tertiary alicyclic amines) is 1. The number of fused-ring (bicyclic) bond motifs is 1. The molecule has 1 aliphatic heterocycles. The summed E-state index contributed by atoms with van der Waals surface area (Å²) in [6.07, 6.45) is -1.06. The van der Waals surface area contributed by atoms with Gasteiger partial charge in [-0.25, -0.2) is 4.98 Å². The first-order valence-electron chi connectivity index (χ1n) is 12.1. The number of hydrogen-bond acceptors (Lipinski definition) is 7. The molecular weight excluding hydrogens is 521 g/mol. The highest BCUT2D eigenvalue weighted by Gasteiger charge is 2.35. The molecule has 0 atom stereocenters. The molecule has 1 aliphatic rings. The van der Waals surface area contributed by atoms with Crippen LogP contribution in [0.2, 0.25) is 0 Å². The van der Waals surface area contributed by atoms with E-state index in [0.717, 1.165) is 32.0 Å². The predicted molar refractivity (Wildman–Crippen MR) is 136 cm³/mol. The van der Waals surface area contributed by atoms with E-state index in [-0.39, 0.29) is 32.1 Å². The third-order valence-electron chi connectivity index (χ3n) is 6.57. The summed E-state index contributed by atoms with van der Waals surface area (Å²) in [5.74, 6) is -0.947. The quantitative estimate of drug-likeness (QED) is 0.335. The molecule has 9 nitrogen and oxygen atoms in total. The van der Waals surface area contributed by atoms with Crippen LogP contribution >= 0.6 is 11.3 Å². The first-order valence-corrected chi connectivity index (χ1v) is 12.9. The molecule has 200 valence electrons. The average molecular weight is 547 g/mol. The van der Waals surface area contributed by atoms with Gasteiger partial charge in [0.05, 0.1) is 18.4 Å². The SMILES string of the molecule is CCn1ncc(-c2cc(C(F)(F)F)nc3sc(C(N)=O)c(NC(=O)c4ccc(CN5CCCC5)o4)c23)c1C. The van der Waals surface area contributed by atoms with Gasteiger partial charge in [-0.1, -0.05) is 0 Å². The summed E-state index contributed by atoms with van der Waals surface area (Å²) in [4.78, 5) is 31.3. The Balaban J connectivity index is 1.61. The van der Waals surface area contributed by atoms with E-state index in [1.165, 1.54) is 12.3 Å². The minimum absolute atomic E-state index is 0.00497. The zero-order valence-corrected chi connectivity index (χ0v) is 21.5. The fourth-order valence-corrected chi connectivity index (χ4v) is 5.71. The fourth-order valence-electron chi connectivity index (χ4n) is 4.70. The van der Waals surface area contributed by atoms with Gasteiger partial charge in [0, 0.05) is 23.2 Å². The molecule has 0 bridgehead atoms. The van der Waals surface area contributed by atoms with Gasteiger partial charge in [-0.15, -0.1) is 11.3 Å². The van der Waals surface area contributed by atoms with Crippen molar-refractivity contribution < 1.29 is 27.2 Å². The zero-order valence-electron chi connectivity index (χ0n) is 20.7. The van der Waals surface area contributed by atoms with Crippen molar-refractivity contribution in [2.75, 3.05) is 18.4 Å². The van der Waals surface area contributed by atoms with Crippen LogP contribution in [0.3, 0.4) is 0 Å². The number of rotatable bonds is 7. The highest BCUT2D eigenvalue weighted by Crippen LogP contribution is 2.44. The van der Waals surface area contributed by atoms with E-state index in [4.69, 9.17) is 10.2 Å². The highest BCUT2D eigenvalue weighted by atomic mass is 32.1. The van der Waals surface area contributed by atoms with Gasteiger partial charge in [0.1, 0.15) is 21.2 Å². The monoisotopic (exact) mass is 546 g/mol. The van der Waals surface area contributed by atoms with Crippen LogP contribution in [0.5, 0.6) is 0 Å². The molecule has 5 heterocycles. The molecule has 0 unspecified atom stereocenters. The number of nitrogens with zero attached hydrogens (tertiary/aromatic N) is 4. The van der Waals surface area contributed by atoms with Crippen molar-refractivity contribution in [1.82, 2.24) is 19.7 Å². The Kier molecular flexibility index (Phi) is 6.73. The molecule has 3 N–H and O–H groups in total. The minimum atomic E-state index is -4.74. The molecule has 13 heteroatoms. The second-order valence-electron chi connectivity index (χ2n) is 9.07. The van der Waals surface area contributed by atoms with Crippen molar-refractivity contribution in [1.29, 1.82) is 0 Å². The van der Waals surface area contributed by atoms with E-state index < -0.39 is 23.7 Å². The summed E-state index contributed by atoms with van der Waals surface area (Å²) >= 11 is 0.688. The Morgan fingerprint density at radius 1 is 1.21 bits per heavy atom. The van der Waals surface area contributed by atoms with Gasteiger partial charge >= 0.3 is 6.18 Å². The summed E-state index contributed by atoms with van der Waals surface area (Å²) in [6.45, 7) is 6.57. The third-order valence-corrected chi connectivity index (χ3v) is 7.67. The van der Waals surface area contributed by atoms with E-state index >= 15 is 0 Å². The van der Waals surface area contributed by atoms with Crippen LogP contribution in [0, 0.1) is 6.92 Å². The minimum Gasteiger partial charge on any atom is -0.455 e. The lowest BCUT2D eigenvalue weighted by Crippen LogP contribution is -2.18. The van der Waals surface area contributed by atoms with Crippen molar-refractivity contribution in [3.63, 3.8) is 0 Å². The number of aryl methyl sites for hydroxylation is 1. The van der Waals surface area contributed by atoms with Crippen molar-refractivity contribution in [2.24, 2.45) is 5.73 Å². The number of hydrogen-bond donors (Lipinski definition) is 2. The summed E-state index contributed by atoms with van der Waals surface area (Å²) in [7, 11) is 0. The van der Waals surface area contributed by atoms with Crippen molar-refractivity contribution in [3.05, 3.63) is 52.2 Å². The van der Waals surface area contributed by atoms with Gasteiger partial charge in [0.25, 0.3) is 11.8 Å². The second kappa shape index (κ2) is 9.87. The smallest absolute Gasteiger partial charge is 0.433 e. The number of carbonyl (C=O) groups is 2. The molecule has 0 aliphatic carbocycles. The largest absolute Gasteiger partial charge is 0.455 e. The van der Waals surface area contributed by atoms with Crippen LogP contribution in [0.1, 0.15) is 57.1 Å². The maximum atomic E-state index is 13.8. The van der Waals surface area contributed by atoms with Gasteiger partial charge in [0.15, 0.2) is 5.76 Å². The van der Waals surface area contributed by atoms with Gasteiger partial charge in [-0.3, -0.25) is 19.2 Å². The van der Waals surface area contributed by atoms with Crippen molar-refractivity contribution in [2.45, 2.75) is 46.0 Å². The highest BCUT2D eigenvalue weighted by molar-refractivity contribution is 7.21. The molecule has 38 heavy (non-hydrogen) atoms. The summed E-state index contributed by atoms with van der Waals surface area (Å²) in [5, 5.41) is 7.09. The molecule has 0 radical (unpaired) electrons. The van der Waals surface area contributed by atoms with Crippen molar-refractivity contribution >= 4 is 39.1 Å². The number of alkyl halides is 3. The topological polar surface area (TPSA) is 119 Å². The molecule has 5 rings (SSSR count). The number of anilines is 1. The number of pyridine rings is 1. The number of halogens is 3. The molecular formula is C25H25F3N6O3S. The van der Waals surface area contributed by atoms with Gasteiger partial charge in [-0.2, -0.15) is 18.3 Å². The maximum Gasteiger partial charge on any atom is 0.433 e. The predicted octanol–water partition coefficient (Wildman–Crippen LogP) is 5.05. The number of carbonyl (C=O) groups excluding carboxylic acids is 2. The molecule has 4 aromatic rings. The number of furan rings is 1. The summed E-state index contributed by atoms with van der Waals surface area (Å²) in [5.41, 5.74) is 5.61. The molecule has 0 aromatic carbocycles. The van der Waals surface area contributed by atoms with E-state index in [1.54, 1.807) is 17.7 Å². The number of primary amides is 1. The Labute approximate surface area is 219 Å². The normalized spacial score (nSPS) is 14.4. The Hall–Kier alpha value is -3.71. The number of nitrogens with two attached hydrogens (primary N) is 1. The van der Waals surface area contributed by atoms with Crippen LogP contribution in [-0.2, 0) is 19.3 Å². The molecule has 0 spiro atoms. The molecule has 0 saturated carbocycles. The Morgan fingerprint density at radius 3 is 2.58 bits per heavy atom. The standard InChI is InChI=1S/C25H25F3N6O3S/c1-3-34-13(2)16(11-30-34)15-10-18(25(26,27)28)31-24-19(15)20(21(38-24)22(29)35)32-23(36)17-7-6-14(37-17)12-33-8-4-5-9-33/h6-7,10-11H,3-5,8-9,12H2,1-2H3,(H2,29,35)(H,32,36).